The molecule has 5 heterocycles. The first-order valence-electron chi connectivity index (χ1n) is 12.4. The van der Waals surface area contributed by atoms with E-state index in [0.717, 1.165) is 11.4 Å². The maximum absolute atomic E-state index is 15.2. The number of rotatable bonds is 5. The van der Waals surface area contributed by atoms with Gasteiger partial charge in [-0.3, -0.25) is 14.9 Å². The molecule has 11 heteroatoms. The molecule has 0 aliphatic rings. The third-order valence-electron chi connectivity index (χ3n) is 6.26. The number of fused-ring (bicyclic) bond motifs is 2. The van der Waals surface area contributed by atoms with Crippen LogP contribution in [0.2, 0.25) is 0 Å². The summed E-state index contributed by atoms with van der Waals surface area (Å²) in [4.78, 5) is 33.4. The number of carbonyl (C=O) groups is 1. The van der Waals surface area contributed by atoms with E-state index in [1.54, 1.807) is 31.0 Å². The number of aromatic amines is 2. The van der Waals surface area contributed by atoms with Gasteiger partial charge in [0.05, 0.1) is 29.6 Å². The Morgan fingerprint density at radius 2 is 1.97 bits per heavy atom. The molecule has 1 aromatic carbocycles. The van der Waals surface area contributed by atoms with Crippen molar-refractivity contribution in [2.45, 2.75) is 34.1 Å². The van der Waals surface area contributed by atoms with Crippen LogP contribution in [0.5, 0.6) is 0 Å². The first-order valence-corrected chi connectivity index (χ1v) is 12.4. The molecule has 5 aromatic heterocycles. The second-order valence-corrected chi connectivity index (χ2v) is 10.7. The summed E-state index contributed by atoms with van der Waals surface area (Å²) in [6, 6.07) is 6.88. The summed E-state index contributed by atoms with van der Waals surface area (Å²) >= 11 is 0. The van der Waals surface area contributed by atoms with E-state index in [9.17, 15) is 4.79 Å². The number of amides is 1. The Hall–Kier alpha value is -4.93. The first-order chi connectivity index (χ1) is 18.6. The number of imidazole rings is 2. The summed E-state index contributed by atoms with van der Waals surface area (Å²) < 4.78 is 17.1. The molecule has 1 amide bonds. The van der Waals surface area contributed by atoms with Crippen LogP contribution in [0, 0.1) is 18.2 Å². The lowest BCUT2D eigenvalue weighted by Gasteiger charge is -2.17. The molecule has 0 aliphatic carbocycles. The van der Waals surface area contributed by atoms with Crippen LogP contribution < -0.4 is 5.32 Å². The van der Waals surface area contributed by atoms with Gasteiger partial charge in [0.25, 0.3) is 0 Å². The quantitative estimate of drug-likeness (QED) is 0.271. The van der Waals surface area contributed by atoms with Crippen molar-refractivity contribution in [2.24, 2.45) is 5.41 Å². The molecule has 3 N–H and O–H groups in total. The Morgan fingerprint density at radius 3 is 2.74 bits per heavy atom. The molecule has 10 nitrogen and oxygen atoms in total. The number of carbonyl (C=O) groups excluding carboxylic acids is 1. The van der Waals surface area contributed by atoms with Gasteiger partial charge >= 0.3 is 0 Å². The zero-order valence-electron chi connectivity index (χ0n) is 21.9. The van der Waals surface area contributed by atoms with Gasteiger partial charge in [0.15, 0.2) is 17.3 Å². The number of nitrogens with zero attached hydrogens (tertiary/aromatic N) is 6. The van der Waals surface area contributed by atoms with Gasteiger partial charge in [0, 0.05) is 36.0 Å². The number of hydrogen-bond acceptors (Lipinski definition) is 6. The minimum atomic E-state index is -0.490. The fourth-order valence-electron chi connectivity index (χ4n) is 4.56. The molecule has 196 valence electrons. The van der Waals surface area contributed by atoms with Crippen molar-refractivity contribution < 1.29 is 9.18 Å². The molecule has 6 rings (SSSR count). The summed E-state index contributed by atoms with van der Waals surface area (Å²) in [5.74, 6) is -0.123. The summed E-state index contributed by atoms with van der Waals surface area (Å²) in [6.07, 6.45) is 8.89. The largest absolute Gasteiger partial charge is 0.334 e. The van der Waals surface area contributed by atoms with Crippen LogP contribution in [0.3, 0.4) is 0 Å². The second kappa shape index (κ2) is 9.12. The van der Waals surface area contributed by atoms with Gasteiger partial charge in [0.2, 0.25) is 5.91 Å². The van der Waals surface area contributed by atoms with E-state index in [2.05, 4.69) is 40.4 Å². The van der Waals surface area contributed by atoms with Gasteiger partial charge in [-0.2, -0.15) is 5.10 Å². The van der Waals surface area contributed by atoms with Crippen molar-refractivity contribution in [3.05, 3.63) is 66.9 Å². The number of H-pyrrole nitrogens is 2. The maximum atomic E-state index is 15.2. The molecule has 0 fully saturated rings. The van der Waals surface area contributed by atoms with Crippen molar-refractivity contribution >= 4 is 33.7 Å². The van der Waals surface area contributed by atoms with E-state index in [0.29, 0.717) is 51.3 Å². The predicted octanol–water partition coefficient (Wildman–Crippen LogP) is 5.57. The molecule has 0 unspecified atom stereocenters. The minimum Gasteiger partial charge on any atom is -0.334 e. The van der Waals surface area contributed by atoms with Crippen LogP contribution >= 0.6 is 0 Å². The third-order valence-corrected chi connectivity index (χ3v) is 6.26. The smallest absolute Gasteiger partial charge is 0.224 e. The SMILES string of the molecule is Cc1cn(-c2ccnc3nc(-c4[nH]nc5c(F)cc(-c6cncc(NC(=O)CC(C)(C)C)c6)cc45)[nH]c23)cn1. The number of aromatic nitrogens is 8. The highest BCUT2D eigenvalue weighted by Gasteiger charge is 2.19. The van der Waals surface area contributed by atoms with Gasteiger partial charge in [-0.15, -0.1) is 0 Å². The molecule has 0 bridgehead atoms. The Labute approximate surface area is 222 Å². The van der Waals surface area contributed by atoms with Gasteiger partial charge in [-0.05, 0) is 42.2 Å². The van der Waals surface area contributed by atoms with Crippen molar-refractivity contribution in [3.63, 3.8) is 0 Å². The molecule has 0 aliphatic heterocycles. The number of pyridine rings is 2. The Morgan fingerprint density at radius 1 is 1.13 bits per heavy atom. The van der Waals surface area contributed by atoms with Crippen LogP contribution in [-0.4, -0.2) is 45.6 Å². The number of aryl methyl sites for hydroxylation is 1. The summed E-state index contributed by atoms with van der Waals surface area (Å²) in [7, 11) is 0. The molecular weight excluding hydrogens is 497 g/mol. The van der Waals surface area contributed by atoms with E-state index in [1.807, 2.05) is 50.6 Å². The van der Waals surface area contributed by atoms with E-state index in [-0.39, 0.29) is 16.8 Å². The fourth-order valence-corrected chi connectivity index (χ4v) is 4.56. The second-order valence-electron chi connectivity index (χ2n) is 10.7. The van der Waals surface area contributed by atoms with Crippen LogP contribution in [0.1, 0.15) is 32.9 Å². The summed E-state index contributed by atoms with van der Waals surface area (Å²) in [5.41, 5.74) is 5.30. The predicted molar refractivity (Wildman–Crippen MR) is 147 cm³/mol. The maximum Gasteiger partial charge on any atom is 0.224 e. The van der Waals surface area contributed by atoms with Gasteiger partial charge in [0.1, 0.15) is 16.7 Å². The Balaban J connectivity index is 1.39. The first kappa shape index (κ1) is 24.4. The van der Waals surface area contributed by atoms with Crippen LogP contribution in [-0.2, 0) is 4.79 Å². The number of anilines is 1. The van der Waals surface area contributed by atoms with Gasteiger partial charge in [-0.1, -0.05) is 20.8 Å². The lowest BCUT2D eigenvalue weighted by Crippen LogP contribution is -2.19. The molecule has 0 radical (unpaired) electrons. The Kier molecular flexibility index (Phi) is 5.71. The summed E-state index contributed by atoms with van der Waals surface area (Å²) in [6.45, 7) is 7.92. The molecular formula is C28H26FN9O. The monoisotopic (exact) mass is 523 g/mol. The molecule has 0 saturated heterocycles. The van der Waals surface area contributed by atoms with Gasteiger partial charge in [-0.25, -0.2) is 19.3 Å². The van der Waals surface area contributed by atoms with Crippen molar-refractivity contribution in [1.29, 1.82) is 0 Å². The van der Waals surface area contributed by atoms with E-state index < -0.39 is 5.82 Å². The average Bonchev–Trinajstić information content (AvgIpc) is 3.60. The van der Waals surface area contributed by atoms with Crippen LogP contribution in [0.15, 0.2) is 55.4 Å². The number of nitrogens with one attached hydrogen (secondary N) is 3. The number of hydrogen-bond donors (Lipinski definition) is 3. The minimum absolute atomic E-state index is 0.107. The molecule has 0 atom stereocenters. The van der Waals surface area contributed by atoms with E-state index in [1.165, 1.54) is 6.07 Å². The zero-order valence-corrected chi connectivity index (χ0v) is 21.9. The average molecular weight is 524 g/mol. The van der Waals surface area contributed by atoms with Crippen molar-refractivity contribution in [3.8, 4) is 28.3 Å². The van der Waals surface area contributed by atoms with E-state index in [4.69, 9.17) is 0 Å². The third kappa shape index (κ3) is 4.74. The summed E-state index contributed by atoms with van der Waals surface area (Å²) in [5, 5.41) is 10.6. The highest BCUT2D eigenvalue weighted by molar-refractivity contribution is 5.97. The molecule has 39 heavy (non-hydrogen) atoms. The molecule has 6 aromatic rings. The highest BCUT2D eigenvalue weighted by atomic mass is 19.1. The molecule has 0 spiro atoms. The van der Waals surface area contributed by atoms with E-state index >= 15 is 4.39 Å². The normalized spacial score (nSPS) is 11.9. The number of benzene rings is 1. The lowest BCUT2D eigenvalue weighted by molar-refractivity contribution is -0.117. The topological polar surface area (TPSA) is 130 Å². The van der Waals surface area contributed by atoms with Crippen LogP contribution in [0.25, 0.3) is 50.4 Å². The Bertz CT molecular complexity index is 1860. The van der Waals surface area contributed by atoms with Gasteiger partial charge < -0.3 is 14.9 Å². The van der Waals surface area contributed by atoms with Crippen molar-refractivity contribution in [1.82, 2.24) is 39.7 Å². The standard InChI is InChI=1S/C28H26FN9O/c1-15-13-38(14-32-15)21-5-6-31-26-25(21)34-27(35-26)24-19-8-16(9-20(29)23(19)36-37-24)17-7-18(12-30-11-17)33-22(39)10-28(2,3)4/h5-9,11-14H,10H2,1-4H3,(H,33,39)(H,36,37)(H,31,34,35). The van der Waals surface area contributed by atoms with Crippen molar-refractivity contribution in [2.75, 3.05) is 5.32 Å². The fraction of sp³-hybridized carbons (Fsp3) is 0.214. The van der Waals surface area contributed by atoms with Crippen LogP contribution in [0.4, 0.5) is 10.1 Å². The zero-order chi connectivity index (χ0) is 27.3. The molecule has 0 saturated carbocycles. The highest BCUT2D eigenvalue weighted by Crippen LogP contribution is 2.33. The number of halogens is 1. The lowest BCUT2D eigenvalue weighted by atomic mass is 9.92.